The zero-order valence-corrected chi connectivity index (χ0v) is 12.0. The predicted molar refractivity (Wildman–Crippen MR) is 72.1 cm³/mol. The fourth-order valence-electron chi connectivity index (χ4n) is 1.80. The maximum atomic E-state index is 11.9. The van der Waals surface area contributed by atoms with Crippen LogP contribution in [0.25, 0.3) is 0 Å². The van der Waals surface area contributed by atoms with Gasteiger partial charge in [0.1, 0.15) is 0 Å². The fourth-order valence-corrected chi connectivity index (χ4v) is 1.80. The van der Waals surface area contributed by atoms with E-state index in [1.165, 1.54) is 7.11 Å². The molecular formula is C13H28N2O3. The number of methoxy groups -OCH3 is 1. The third-order valence-corrected chi connectivity index (χ3v) is 2.65. The van der Waals surface area contributed by atoms with Gasteiger partial charge in [-0.25, -0.2) is 0 Å². The third-order valence-electron chi connectivity index (χ3n) is 2.65. The maximum Gasteiger partial charge on any atom is 0.224 e. The van der Waals surface area contributed by atoms with Crippen LogP contribution >= 0.6 is 0 Å². The molecule has 2 unspecified atom stereocenters. The standard InChI is InChI=1S/C13H28N2O3/c1-13(2,3)7-10(8-14)12(17)15-6-5-11(16)9-18-4/h10-11,16H,5-9,14H2,1-4H3,(H,15,17). The summed E-state index contributed by atoms with van der Waals surface area (Å²) in [5, 5.41) is 12.3. The summed E-state index contributed by atoms with van der Waals surface area (Å²) in [5.74, 6) is -0.193. The number of amides is 1. The highest BCUT2D eigenvalue weighted by molar-refractivity contribution is 5.78. The zero-order valence-electron chi connectivity index (χ0n) is 12.0. The monoisotopic (exact) mass is 260 g/mol. The number of nitrogens with two attached hydrogens (primary N) is 1. The molecule has 0 heterocycles. The van der Waals surface area contributed by atoms with E-state index in [4.69, 9.17) is 10.5 Å². The molecule has 18 heavy (non-hydrogen) atoms. The molecule has 0 fully saturated rings. The number of rotatable bonds is 8. The van der Waals surface area contributed by atoms with Gasteiger partial charge in [0, 0.05) is 20.2 Å². The van der Waals surface area contributed by atoms with E-state index in [1.54, 1.807) is 0 Å². The molecule has 0 spiro atoms. The minimum absolute atomic E-state index is 0.0305. The largest absolute Gasteiger partial charge is 0.391 e. The highest BCUT2D eigenvalue weighted by atomic mass is 16.5. The summed E-state index contributed by atoms with van der Waals surface area (Å²) in [5.41, 5.74) is 5.71. The van der Waals surface area contributed by atoms with Gasteiger partial charge in [-0.2, -0.15) is 0 Å². The molecule has 5 heteroatoms. The summed E-state index contributed by atoms with van der Waals surface area (Å²) in [6, 6.07) is 0. The number of aliphatic hydroxyl groups is 1. The topological polar surface area (TPSA) is 84.6 Å². The molecule has 5 nitrogen and oxygen atoms in total. The summed E-state index contributed by atoms with van der Waals surface area (Å²) in [6.07, 6.45) is 0.719. The van der Waals surface area contributed by atoms with Crippen molar-refractivity contribution in [1.82, 2.24) is 5.32 Å². The minimum Gasteiger partial charge on any atom is -0.391 e. The summed E-state index contributed by atoms with van der Waals surface area (Å²) in [6.45, 7) is 7.35. The Morgan fingerprint density at radius 3 is 2.50 bits per heavy atom. The number of nitrogens with one attached hydrogen (secondary N) is 1. The SMILES string of the molecule is COCC(O)CCNC(=O)C(CN)CC(C)(C)C. The molecule has 0 bridgehead atoms. The number of carbonyl (C=O) groups is 1. The molecule has 4 N–H and O–H groups in total. The van der Waals surface area contributed by atoms with Crippen molar-refractivity contribution in [1.29, 1.82) is 0 Å². The molecule has 0 aliphatic carbocycles. The first-order valence-electron chi connectivity index (χ1n) is 6.45. The van der Waals surface area contributed by atoms with Crippen LogP contribution in [0.5, 0.6) is 0 Å². The van der Waals surface area contributed by atoms with Gasteiger partial charge in [0.2, 0.25) is 5.91 Å². The zero-order chi connectivity index (χ0) is 14.2. The van der Waals surface area contributed by atoms with E-state index in [-0.39, 0.29) is 23.8 Å². The number of carbonyl (C=O) groups excluding carboxylic acids is 1. The molecule has 0 aromatic rings. The normalized spacial score (nSPS) is 15.2. The second-order valence-corrected chi connectivity index (χ2v) is 5.89. The van der Waals surface area contributed by atoms with Crippen LogP contribution in [0.3, 0.4) is 0 Å². The molecule has 0 aromatic carbocycles. The van der Waals surface area contributed by atoms with Crippen LogP contribution in [0.15, 0.2) is 0 Å². The average Bonchev–Trinajstić information content (AvgIpc) is 2.24. The molecule has 0 aromatic heterocycles. The Morgan fingerprint density at radius 2 is 2.06 bits per heavy atom. The van der Waals surface area contributed by atoms with Gasteiger partial charge in [-0.15, -0.1) is 0 Å². The summed E-state index contributed by atoms with van der Waals surface area (Å²) < 4.78 is 4.81. The predicted octanol–water partition coefficient (Wildman–Crippen LogP) is 0.511. The van der Waals surface area contributed by atoms with E-state index >= 15 is 0 Å². The van der Waals surface area contributed by atoms with Crippen LogP contribution in [0, 0.1) is 11.3 Å². The van der Waals surface area contributed by atoms with Gasteiger partial charge < -0.3 is 20.9 Å². The lowest BCUT2D eigenvalue weighted by Gasteiger charge is -2.24. The first-order valence-corrected chi connectivity index (χ1v) is 6.45. The third kappa shape index (κ3) is 8.44. The molecule has 0 aliphatic heterocycles. The summed E-state index contributed by atoms with van der Waals surface area (Å²) in [7, 11) is 1.54. The lowest BCUT2D eigenvalue weighted by molar-refractivity contribution is -0.125. The fraction of sp³-hybridized carbons (Fsp3) is 0.923. The van der Waals surface area contributed by atoms with Crippen molar-refractivity contribution in [2.45, 2.75) is 39.7 Å². The van der Waals surface area contributed by atoms with Crippen molar-refractivity contribution in [3.8, 4) is 0 Å². The Bertz CT molecular complexity index is 239. The van der Waals surface area contributed by atoms with Gasteiger partial charge in [0.15, 0.2) is 0 Å². The number of ether oxygens (including phenoxy) is 1. The van der Waals surface area contributed by atoms with E-state index in [9.17, 15) is 9.90 Å². The lowest BCUT2D eigenvalue weighted by Crippen LogP contribution is -2.38. The van der Waals surface area contributed by atoms with Crippen LogP contribution < -0.4 is 11.1 Å². The Labute approximate surface area is 110 Å². The van der Waals surface area contributed by atoms with Crippen molar-refractivity contribution >= 4 is 5.91 Å². The van der Waals surface area contributed by atoms with Crippen LogP contribution in [0.1, 0.15) is 33.6 Å². The van der Waals surface area contributed by atoms with Crippen molar-refractivity contribution < 1.29 is 14.6 Å². The van der Waals surface area contributed by atoms with Crippen molar-refractivity contribution in [3.63, 3.8) is 0 Å². The van der Waals surface area contributed by atoms with Crippen molar-refractivity contribution in [3.05, 3.63) is 0 Å². The average molecular weight is 260 g/mol. The van der Waals surface area contributed by atoms with Crippen LogP contribution in [-0.2, 0) is 9.53 Å². The smallest absolute Gasteiger partial charge is 0.224 e. The highest BCUT2D eigenvalue weighted by Crippen LogP contribution is 2.23. The maximum absolute atomic E-state index is 11.9. The van der Waals surface area contributed by atoms with Gasteiger partial charge in [-0.3, -0.25) is 4.79 Å². The number of hydrogen-bond donors (Lipinski definition) is 3. The minimum atomic E-state index is -0.533. The number of aliphatic hydroxyl groups excluding tert-OH is 1. The number of hydrogen-bond acceptors (Lipinski definition) is 4. The Balaban J connectivity index is 3.98. The first-order chi connectivity index (χ1) is 8.30. The molecule has 0 radical (unpaired) electrons. The van der Waals surface area contributed by atoms with E-state index in [0.29, 0.717) is 19.5 Å². The second kappa shape index (κ2) is 8.45. The Hall–Kier alpha value is -0.650. The van der Waals surface area contributed by atoms with Gasteiger partial charge in [-0.1, -0.05) is 20.8 Å². The van der Waals surface area contributed by atoms with Gasteiger partial charge in [-0.05, 0) is 18.3 Å². The van der Waals surface area contributed by atoms with Crippen molar-refractivity contribution in [2.24, 2.45) is 17.1 Å². The Kier molecular flexibility index (Phi) is 8.15. The molecule has 0 aliphatic rings. The molecule has 108 valence electrons. The van der Waals surface area contributed by atoms with E-state index in [1.807, 2.05) is 0 Å². The van der Waals surface area contributed by atoms with Crippen LogP contribution in [0.2, 0.25) is 0 Å². The summed E-state index contributed by atoms with van der Waals surface area (Å²) >= 11 is 0. The van der Waals surface area contributed by atoms with Gasteiger partial charge in [0.05, 0.1) is 18.6 Å². The highest BCUT2D eigenvalue weighted by Gasteiger charge is 2.23. The van der Waals surface area contributed by atoms with Crippen molar-refractivity contribution in [2.75, 3.05) is 26.8 Å². The van der Waals surface area contributed by atoms with E-state index < -0.39 is 6.10 Å². The second-order valence-electron chi connectivity index (χ2n) is 5.89. The van der Waals surface area contributed by atoms with Gasteiger partial charge >= 0.3 is 0 Å². The lowest BCUT2D eigenvalue weighted by atomic mass is 9.84. The molecule has 0 saturated carbocycles. The van der Waals surface area contributed by atoms with E-state index in [0.717, 1.165) is 6.42 Å². The van der Waals surface area contributed by atoms with E-state index in [2.05, 4.69) is 26.1 Å². The molecule has 0 rings (SSSR count). The Morgan fingerprint density at radius 1 is 1.44 bits per heavy atom. The molecule has 0 saturated heterocycles. The van der Waals surface area contributed by atoms with Crippen LogP contribution in [0.4, 0.5) is 0 Å². The molecule has 1 amide bonds. The van der Waals surface area contributed by atoms with Crippen LogP contribution in [-0.4, -0.2) is 43.9 Å². The summed E-state index contributed by atoms with van der Waals surface area (Å²) in [4.78, 5) is 11.9. The van der Waals surface area contributed by atoms with Gasteiger partial charge in [0.25, 0.3) is 0 Å². The molecule has 2 atom stereocenters. The first kappa shape index (κ1) is 17.4. The quantitative estimate of drug-likeness (QED) is 0.594. The molecular weight excluding hydrogens is 232 g/mol.